The van der Waals surface area contributed by atoms with Crippen LogP contribution in [0.3, 0.4) is 0 Å². The Morgan fingerprint density at radius 3 is 2.40 bits per heavy atom. The molecule has 1 aromatic heterocycles. The van der Waals surface area contributed by atoms with Crippen molar-refractivity contribution < 1.29 is 22.7 Å². The van der Waals surface area contributed by atoms with E-state index in [0.29, 0.717) is 21.5 Å². The summed E-state index contributed by atoms with van der Waals surface area (Å²) in [6.07, 6.45) is -6.02. The number of aliphatic hydroxyl groups excluding tert-OH is 1. The molecular weight excluding hydrogens is 360 g/mol. The summed E-state index contributed by atoms with van der Waals surface area (Å²) in [7, 11) is 0. The molecule has 1 heterocycles. The van der Waals surface area contributed by atoms with Crippen LogP contribution in [0.25, 0.3) is 0 Å². The van der Waals surface area contributed by atoms with Crippen LogP contribution in [0.1, 0.15) is 27.0 Å². The monoisotopic (exact) mass is 368 g/mol. The molecule has 0 saturated carbocycles. The quantitative estimate of drug-likeness (QED) is 0.734. The van der Waals surface area contributed by atoms with E-state index in [1.54, 1.807) is 13.0 Å². The number of benzene rings is 1. The lowest BCUT2D eigenvalue weighted by Gasteiger charge is -2.14. The summed E-state index contributed by atoms with van der Waals surface area (Å²) in [4.78, 5) is 1.24. The van der Waals surface area contributed by atoms with Crippen LogP contribution in [0.5, 0.6) is 0 Å². The van der Waals surface area contributed by atoms with Gasteiger partial charge >= 0.3 is 6.18 Å². The first-order chi connectivity index (χ1) is 9.20. The number of aliphatic hydroxyl groups is 1. The van der Waals surface area contributed by atoms with E-state index in [-0.39, 0.29) is 5.56 Å². The summed E-state index contributed by atoms with van der Waals surface area (Å²) >= 11 is 4.40. The lowest BCUT2D eigenvalue weighted by Crippen LogP contribution is -2.09. The van der Waals surface area contributed by atoms with Gasteiger partial charge in [0.2, 0.25) is 0 Å². The maximum absolute atomic E-state index is 13.7. The zero-order chi connectivity index (χ0) is 15.1. The van der Waals surface area contributed by atoms with E-state index in [0.717, 1.165) is 10.9 Å². The molecule has 0 aliphatic carbocycles. The second-order valence-corrected chi connectivity index (χ2v) is 6.35. The second kappa shape index (κ2) is 5.46. The Kier molecular flexibility index (Phi) is 4.22. The average molecular weight is 369 g/mol. The van der Waals surface area contributed by atoms with E-state index in [4.69, 9.17) is 0 Å². The molecule has 1 N–H and O–H groups in total. The van der Waals surface area contributed by atoms with Gasteiger partial charge in [0.25, 0.3) is 0 Å². The standard InChI is InChI=1S/C13H9BrF4OS/c1-6-4-9(14)12(20-6)11(19)8-5-7(13(16,17)18)2-3-10(8)15/h2-5,11,19H,1H3. The molecule has 1 aromatic carbocycles. The van der Waals surface area contributed by atoms with E-state index in [2.05, 4.69) is 15.9 Å². The summed E-state index contributed by atoms with van der Waals surface area (Å²) in [5.74, 6) is -0.872. The van der Waals surface area contributed by atoms with Crippen LogP contribution >= 0.6 is 27.3 Å². The van der Waals surface area contributed by atoms with Gasteiger partial charge in [-0.05, 0) is 47.1 Å². The summed E-state index contributed by atoms with van der Waals surface area (Å²) in [5, 5.41) is 10.1. The topological polar surface area (TPSA) is 20.2 Å². The fourth-order valence-corrected chi connectivity index (χ4v) is 3.63. The Labute approximate surface area is 125 Å². The van der Waals surface area contributed by atoms with Gasteiger partial charge in [-0.1, -0.05) is 0 Å². The smallest absolute Gasteiger partial charge is 0.383 e. The van der Waals surface area contributed by atoms with Gasteiger partial charge in [-0.15, -0.1) is 11.3 Å². The summed E-state index contributed by atoms with van der Waals surface area (Å²) < 4.78 is 52.2. The number of aryl methyl sites for hydroxylation is 1. The van der Waals surface area contributed by atoms with Crippen molar-refractivity contribution in [2.75, 3.05) is 0 Å². The van der Waals surface area contributed by atoms with Crippen LogP contribution in [-0.2, 0) is 6.18 Å². The third-order valence-electron chi connectivity index (χ3n) is 2.70. The van der Waals surface area contributed by atoms with Gasteiger partial charge in [-0.2, -0.15) is 13.2 Å². The highest BCUT2D eigenvalue weighted by molar-refractivity contribution is 9.10. The van der Waals surface area contributed by atoms with Crippen molar-refractivity contribution >= 4 is 27.3 Å². The van der Waals surface area contributed by atoms with Gasteiger partial charge in [0, 0.05) is 14.9 Å². The van der Waals surface area contributed by atoms with Crippen molar-refractivity contribution in [3.63, 3.8) is 0 Å². The maximum Gasteiger partial charge on any atom is 0.416 e. The van der Waals surface area contributed by atoms with Crippen LogP contribution < -0.4 is 0 Å². The fourth-order valence-electron chi connectivity index (χ4n) is 1.76. The highest BCUT2D eigenvalue weighted by atomic mass is 79.9. The highest BCUT2D eigenvalue weighted by Crippen LogP contribution is 2.38. The molecule has 0 aliphatic heterocycles. The van der Waals surface area contributed by atoms with Crippen molar-refractivity contribution in [2.24, 2.45) is 0 Å². The van der Waals surface area contributed by atoms with Crippen molar-refractivity contribution in [1.29, 1.82) is 0 Å². The zero-order valence-electron chi connectivity index (χ0n) is 10.1. The number of hydrogen-bond acceptors (Lipinski definition) is 2. The van der Waals surface area contributed by atoms with Gasteiger partial charge in [0.05, 0.1) is 10.4 Å². The van der Waals surface area contributed by atoms with Crippen LogP contribution in [0.15, 0.2) is 28.7 Å². The molecule has 20 heavy (non-hydrogen) atoms. The van der Waals surface area contributed by atoms with Crippen LogP contribution in [0.2, 0.25) is 0 Å². The lowest BCUT2D eigenvalue weighted by molar-refractivity contribution is -0.137. The maximum atomic E-state index is 13.7. The van der Waals surface area contributed by atoms with E-state index < -0.39 is 23.7 Å². The van der Waals surface area contributed by atoms with Gasteiger partial charge in [-0.3, -0.25) is 0 Å². The minimum Gasteiger partial charge on any atom is -0.383 e. The Morgan fingerprint density at radius 1 is 1.25 bits per heavy atom. The molecule has 0 bridgehead atoms. The average Bonchev–Trinajstić information content (AvgIpc) is 2.66. The van der Waals surface area contributed by atoms with Crippen molar-refractivity contribution in [3.05, 3.63) is 55.4 Å². The summed E-state index contributed by atoms with van der Waals surface area (Å²) in [6, 6.07) is 3.73. The van der Waals surface area contributed by atoms with E-state index >= 15 is 0 Å². The molecule has 0 radical (unpaired) electrons. The molecule has 108 valence electrons. The molecule has 1 atom stereocenters. The lowest BCUT2D eigenvalue weighted by atomic mass is 10.0. The Morgan fingerprint density at radius 2 is 1.90 bits per heavy atom. The molecule has 0 aliphatic rings. The van der Waals surface area contributed by atoms with Crippen LogP contribution in [0, 0.1) is 12.7 Å². The molecule has 2 rings (SSSR count). The number of thiophene rings is 1. The van der Waals surface area contributed by atoms with E-state index in [1.165, 1.54) is 11.3 Å². The molecule has 0 saturated heterocycles. The molecular formula is C13H9BrF4OS. The molecule has 0 amide bonds. The summed E-state index contributed by atoms with van der Waals surface area (Å²) in [5.41, 5.74) is -1.38. The van der Waals surface area contributed by atoms with Crippen LogP contribution in [0.4, 0.5) is 17.6 Å². The third kappa shape index (κ3) is 3.05. The number of hydrogen-bond donors (Lipinski definition) is 1. The normalized spacial score (nSPS) is 13.6. The van der Waals surface area contributed by atoms with Gasteiger partial charge in [0.1, 0.15) is 11.9 Å². The van der Waals surface area contributed by atoms with Crippen LogP contribution in [-0.4, -0.2) is 5.11 Å². The predicted molar refractivity (Wildman–Crippen MR) is 72.2 cm³/mol. The largest absolute Gasteiger partial charge is 0.416 e. The molecule has 7 heteroatoms. The minimum atomic E-state index is -4.58. The number of alkyl halides is 3. The first kappa shape index (κ1) is 15.5. The third-order valence-corrected chi connectivity index (χ3v) is 4.72. The predicted octanol–water partition coefficient (Wildman–Crippen LogP) is 5.06. The Balaban J connectivity index is 2.49. The van der Waals surface area contributed by atoms with Gasteiger partial charge in [0.15, 0.2) is 0 Å². The number of halogens is 5. The molecule has 0 fully saturated rings. The fraction of sp³-hybridized carbons (Fsp3) is 0.231. The first-order valence-electron chi connectivity index (χ1n) is 5.50. The molecule has 1 unspecified atom stereocenters. The first-order valence-corrected chi connectivity index (χ1v) is 7.11. The summed E-state index contributed by atoms with van der Waals surface area (Å²) in [6.45, 7) is 1.79. The molecule has 1 nitrogen and oxygen atoms in total. The molecule has 0 spiro atoms. The Hall–Kier alpha value is -0.920. The van der Waals surface area contributed by atoms with E-state index in [9.17, 15) is 22.7 Å². The molecule has 2 aromatic rings. The SMILES string of the molecule is Cc1cc(Br)c(C(O)c2cc(C(F)(F)F)ccc2F)s1. The van der Waals surface area contributed by atoms with E-state index in [1.807, 2.05) is 0 Å². The number of rotatable bonds is 2. The van der Waals surface area contributed by atoms with Crippen molar-refractivity contribution in [3.8, 4) is 0 Å². The van der Waals surface area contributed by atoms with Crippen molar-refractivity contribution in [2.45, 2.75) is 19.2 Å². The van der Waals surface area contributed by atoms with Gasteiger partial charge in [-0.25, -0.2) is 4.39 Å². The van der Waals surface area contributed by atoms with Crippen molar-refractivity contribution in [1.82, 2.24) is 0 Å². The van der Waals surface area contributed by atoms with Gasteiger partial charge < -0.3 is 5.11 Å². The highest BCUT2D eigenvalue weighted by Gasteiger charge is 2.32. The minimum absolute atomic E-state index is 0.376. The Bertz CT molecular complexity index is 636. The second-order valence-electron chi connectivity index (χ2n) is 4.21. The zero-order valence-corrected chi connectivity index (χ0v) is 12.5.